The molecule has 1 fully saturated rings. The standard InChI is InChI=1S/C21H23N3O3/c1-3-14-21(16-10-6-4-7-11-16)19(26)24(20(27)22-21)15-18(25)23(2)17-12-8-5-9-13-17/h4-13H,3,14-15H2,1-2H3,(H,22,27). The molecule has 27 heavy (non-hydrogen) atoms. The van der Waals surface area contributed by atoms with E-state index in [2.05, 4.69) is 5.32 Å². The highest BCUT2D eigenvalue weighted by molar-refractivity contribution is 6.10. The molecule has 4 amide bonds. The Hall–Kier alpha value is -3.15. The third-order valence-electron chi connectivity index (χ3n) is 4.88. The average molecular weight is 365 g/mol. The molecule has 1 unspecified atom stereocenters. The summed E-state index contributed by atoms with van der Waals surface area (Å²) in [6.45, 7) is 1.66. The van der Waals surface area contributed by atoms with Gasteiger partial charge in [-0.15, -0.1) is 0 Å². The molecule has 1 aliphatic heterocycles. The molecular formula is C21H23N3O3. The number of likely N-dealkylation sites (N-methyl/N-ethyl adjacent to an activating group) is 1. The van der Waals surface area contributed by atoms with Crippen LogP contribution < -0.4 is 10.2 Å². The number of rotatable bonds is 6. The fraction of sp³-hybridized carbons (Fsp3) is 0.286. The quantitative estimate of drug-likeness (QED) is 0.800. The zero-order chi connectivity index (χ0) is 19.4. The van der Waals surface area contributed by atoms with E-state index in [0.29, 0.717) is 18.5 Å². The summed E-state index contributed by atoms with van der Waals surface area (Å²) in [5, 5.41) is 2.84. The number of anilines is 1. The van der Waals surface area contributed by atoms with E-state index in [-0.39, 0.29) is 18.4 Å². The molecule has 0 spiro atoms. The lowest BCUT2D eigenvalue weighted by atomic mass is 9.85. The van der Waals surface area contributed by atoms with Crippen molar-refractivity contribution in [1.29, 1.82) is 0 Å². The summed E-state index contributed by atoms with van der Waals surface area (Å²) in [6, 6.07) is 17.8. The highest BCUT2D eigenvalue weighted by Gasteiger charge is 2.52. The number of nitrogens with zero attached hydrogens (tertiary/aromatic N) is 2. The summed E-state index contributed by atoms with van der Waals surface area (Å²) in [4.78, 5) is 40.9. The van der Waals surface area contributed by atoms with Gasteiger partial charge in [0.1, 0.15) is 12.1 Å². The van der Waals surface area contributed by atoms with Gasteiger partial charge in [-0.3, -0.25) is 14.5 Å². The highest BCUT2D eigenvalue weighted by atomic mass is 16.2. The van der Waals surface area contributed by atoms with Gasteiger partial charge in [0.05, 0.1) is 0 Å². The average Bonchev–Trinajstić information content (AvgIpc) is 2.94. The van der Waals surface area contributed by atoms with Crippen LogP contribution in [0, 0.1) is 0 Å². The van der Waals surface area contributed by atoms with E-state index >= 15 is 0 Å². The SMILES string of the molecule is CCCC1(c2ccccc2)NC(=O)N(CC(=O)N(C)c2ccccc2)C1=O. The Balaban J connectivity index is 1.84. The highest BCUT2D eigenvalue weighted by Crippen LogP contribution is 2.33. The number of carbonyl (C=O) groups is 3. The van der Waals surface area contributed by atoms with Crippen molar-refractivity contribution in [3.05, 3.63) is 66.2 Å². The van der Waals surface area contributed by atoms with Gasteiger partial charge in [-0.25, -0.2) is 4.79 Å². The van der Waals surface area contributed by atoms with Crippen LogP contribution in [0.2, 0.25) is 0 Å². The number of hydrogen-bond acceptors (Lipinski definition) is 3. The van der Waals surface area contributed by atoms with Gasteiger partial charge in [0.15, 0.2) is 0 Å². The molecule has 1 atom stereocenters. The van der Waals surface area contributed by atoms with Crippen LogP contribution in [-0.2, 0) is 15.1 Å². The predicted molar refractivity (Wildman–Crippen MR) is 103 cm³/mol. The second-order valence-electron chi connectivity index (χ2n) is 6.63. The Morgan fingerprint density at radius 3 is 2.22 bits per heavy atom. The molecule has 6 nitrogen and oxygen atoms in total. The predicted octanol–water partition coefficient (Wildman–Crippen LogP) is 2.90. The van der Waals surface area contributed by atoms with E-state index in [4.69, 9.17) is 0 Å². The molecule has 1 saturated heterocycles. The Bertz CT molecular complexity index is 838. The summed E-state index contributed by atoms with van der Waals surface area (Å²) >= 11 is 0. The van der Waals surface area contributed by atoms with Crippen LogP contribution in [0.5, 0.6) is 0 Å². The monoisotopic (exact) mass is 365 g/mol. The van der Waals surface area contributed by atoms with Crippen LogP contribution in [-0.4, -0.2) is 36.3 Å². The molecule has 0 radical (unpaired) electrons. The lowest BCUT2D eigenvalue weighted by Gasteiger charge is -2.27. The van der Waals surface area contributed by atoms with Crippen LogP contribution in [0.4, 0.5) is 10.5 Å². The molecule has 1 aliphatic rings. The maximum atomic E-state index is 13.2. The van der Waals surface area contributed by atoms with Gasteiger partial charge in [0.2, 0.25) is 5.91 Å². The van der Waals surface area contributed by atoms with E-state index in [0.717, 1.165) is 10.5 Å². The van der Waals surface area contributed by atoms with Gasteiger partial charge < -0.3 is 10.2 Å². The lowest BCUT2D eigenvalue weighted by molar-refractivity contribution is -0.134. The molecule has 1 N–H and O–H groups in total. The molecule has 6 heteroatoms. The first-order chi connectivity index (χ1) is 13.0. The van der Waals surface area contributed by atoms with E-state index < -0.39 is 11.6 Å². The third kappa shape index (κ3) is 3.43. The topological polar surface area (TPSA) is 69.7 Å². The van der Waals surface area contributed by atoms with Gasteiger partial charge in [0.25, 0.3) is 5.91 Å². The molecule has 1 heterocycles. The van der Waals surface area contributed by atoms with Crippen LogP contribution in [0.1, 0.15) is 25.3 Å². The number of benzene rings is 2. The number of para-hydroxylation sites is 1. The summed E-state index contributed by atoms with van der Waals surface area (Å²) < 4.78 is 0. The maximum absolute atomic E-state index is 13.2. The molecule has 2 aromatic rings. The van der Waals surface area contributed by atoms with Crippen molar-refractivity contribution in [2.75, 3.05) is 18.5 Å². The van der Waals surface area contributed by atoms with Gasteiger partial charge in [-0.1, -0.05) is 61.9 Å². The molecule has 2 aromatic carbocycles. The van der Waals surface area contributed by atoms with Gasteiger partial charge in [0, 0.05) is 12.7 Å². The van der Waals surface area contributed by atoms with Crippen LogP contribution in [0.25, 0.3) is 0 Å². The minimum Gasteiger partial charge on any atom is -0.319 e. The first kappa shape index (κ1) is 18.6. The van der Waals surface area contributed by atoms with Gasteiger partial charge in [-0.05, 0) is 24.1 Å². The Kier molecular flexibility index (Phi) is 5.26. The van der Waals surface area contributed by atoms with Crippen molar-refractivity contribution < 1.29 is 14.4 Å². The first-order valence-electron chi connectivity index (χ1n) is 9.01. The summed E-state index contributed by atoms with van der Waals surface area (Å²) in [7, 11) is 1.63. The van der Waals surface area contributed by atoms with Crippen molar-refractivity contribution in [2.24, 2.45) is 0 Å². The molecule has 0 saturated carbocycles. The number of imide groups is 1. The van der Waals surface area contributed by atoms with Gasteiger partial charge in [-0.2, -0.15) is 0 Å². The zero-order valence-corrected chi connectivity index (χ0v) is 15.5. The first-order valence-corrected chi connectivity index (χ1v) is 9.01. The second kappa shape index (κ2) is 7.61. The fourth-order valence-corrected chi connectivity index (χ4v) is 3.41. The molecular weight excluding hydrogens is 342 g/mol. The van der Waals surface area contributed by atoms with Crippen molar-refractivity contribution in [2.45, 2.75) is 25.3 Å². The van der Waals surface area contributed by atoms with Crippen molar-refractivity contribution >= 4 is 23.5 Å². The lowest BCUT2D eigenvalue weighted by Crippen LogP contribution is -2.45. The zero-order valence-electron chi connectivity index (χ0n) is 15.5. The largest absolute Gasteiger partial charge is 0.325 e. The van der Waals surface area contributed by atoms with Crippen molar-refractivity contribution in [3.63, 3.8) is 0 Å². The molecule has 140 valence electrons. The molecule has 0 aromatic heterocycles. The Morgan fingerprint density at radius 2 is 1.63 bits per heavy atom. The number of carbonyl (C=O) groups excluding carboxylic acids is 3. The van der Waals surface area contributed by atoms with Crippen LogP contribution >= 0.6 is 0 Å². The normalized spacial score (nSPS) is 19.1. The second-order valence-corrected chi connectivity index (χ2v) is 6.63. The molecule has 0 aliphatic carbocycles. The van der Waals surface area contributed by atoms with Crippen LogP contribution in [0.15, 0.2) is 60.7 Å². The van der Waals surface area contributed by atoms with E-state index in [9.17, 15) is 14.4 Å². The maximum Gasteiger partial charge on any atom is 0.325 e. The van der Waals surface area contributed by atoms with Crippen LogP contribution in [0.3, 0.4) is 0 Å². The summed E-state index contributed by atoms with van der Waals surface area (Å²) in [5.41, 5.74) is 0.326. The minimum absolute atomic E-state index is 0.297. The minimum atomic E-state index is -1.11. The molecule has 3 rings (SSSR count). The van der Waals surface area contributed by atoms with E-state index in [1.54, 1.807) is 19.2 Å². The summed E-state index contributed by atoms with van der Waals surface area (Å²) in [5.74, 6) is -0.708. The third-order valence-corrected chi connectivity index (χ3v) is 4.88. The smallest absolute Gasteiger partial charge is 0.319 e. The van der Waals surface area contributed by atoms with Crippen molar-refractivity contribution in [1.82, 2.24) is 10.2 Å². The number of hydrogen-bond donors (Lipinski definition) is 1. The summed E-state index contributed by atoms with van der Waals surface area (Å²) in [6.07, 6.45) is 1.19. The Labute approximate surface area is 158 Å². The van der Waals surface area contributed by atoms with E-state index in [1.165, 1.54) is 4.90 Å². The molecule has 0 bridgehead atoms. The number of nitrogens with one attached hydrogen (secondary N) is 1. The van der Waals surface area contributed by atoms with E-state index in [1.807, 2.05) is 55.5 Å². The number of urea groups is 1. The fourth-order valence-electron chi connectivity index (χ4n) is 3.41. The van der Waals surface area contributed by atoms with Crippen molar-refractivity contribution in [3.8, 4) is 0 Å². The Morgan fingerprint density at radius 1 is 1.04 bits per heavy atom. The van der Waals surface area contributed by atoms with Gasteiger partial charge >= 0.3 is 6.03 Å². The number of amides is 4.